The van der Waals surface area contributed by atoms with E-state index in [2.05, 4.69) is 0 Å². The maximum absolute atomic E-state index is 10.7. The third-order valence-electron chi connectivity index (χ3n) is 1.84. The van der Waals surface area contributed by atoms with Gasteiger partial charge in [0.1, 0.15) is 0 Å². The minimum absolute atomic E-state index is 0.0781. The first-order valence-electron chi connectivity index (χ1n) is 3.96. The summed E-state index contributed by atoms with van der Waals surface area (Å²) in [5.41, 5.74) is 5.27. The fraction of sp³-hybridized carbons (Fsp3) is 0.333. The van der Waals surface area contributed by atoms with E-state index in [0.29, 0.717) is 0 Å². The predicted octanol–water partition coefficient (Wildman–Crippen LogP) is -1.24. The first-order chi connectivity index (χ1) is 6.09. The van der Waals surface area contributed by atoms with E-state index in [1.54, 1.807) is 12.2 Å². The van der Waals surface area contributed by atoms with Gasteiger partial charge in [0.2, 0.25) is 0 Å². The molecule has 0 amide bonds. The zero-order valence-corrected chi connectivity index (χ0v) is 6.97. The van der Waals surface area contributed by atoms with Crippen molar-refractivity contribution < 1.29 is 14.7 Å². The monoisotopic (exact) mass is 180 g/mol. The van der Waals surface area contributed by atoms with Crippen LogP contribution >= 0.6 is 0 Å². The Morgan fingerprint density at radius 3 is 2.54 bits per heavy atom. The molecule has 0 aromatic heterocycles. The summed E-state index contributed by atoms with van der Waals surface area (Å²) in [6.45, 7) is 0. The van der Waals surface area contributed by atoms with Crippen LogP contribution in [0.25, 0.3) is 0 Å². The summed E-state index contributed by atoms with van der Waals surface area (Å²) in [7, 11) is 0. The normalized spacial score (nSPS) is 19.0. The van der Waals surface area contributed by atoms with Gasteiger partial charge in [-0.2, -0.15) is 0 Å². The van der Waals surface area contributed by atoms with Gasteiger partial charge in [-0.15, -0.1) is 0 Å². The highest BCUT2D eigenvalue weighted by molar-refractivity contribution is 6.00. The Morgan fingerprint density at radius 1 is 1.54 bits per heavy atom. The van der Waals surface area contributed by atoms with Crippen molar-refractivity contribution in [3.05, 3.63) is 24.3 Å². The van der Waals surface area contributed by atoms with E-state index in [0.717, 1.165) is 0 Å². The maximum Gasteiger partial charge on any atom is 0.178 e. The molecule has 0 aliphatic heterocycles. The molecule has 0 aromatic rings. The second-order valence-electron chi connectivity index (χ2n) is 2.95. The molecular weight excluding hydrogens is 170 g/mol. The minimum Gasteiger partial charge on any atom is -0.548 e. The number of carbonyl (C=O) groups excluding carboxylic acids is 2. The number of hydrogen-bond donors (Lipinski definition) is 1. The fourth-order valence-corrected chi connectivity index (χ4v) is 1.10. The van der Waals surface area contributed by atoms with Gasteiger partial charge in [-0.05, 0) is 24.5 Å². The number of carboxylic acid groups (broad SMARTS) is 1. The van der Waals surface area contributed by atoms with E-state index in [-0.39, 0.29) is 18.1 Å². The SMILES string of the molecule is NC(CC1C=CC(=O)C=C1)C(=O)[O-]. The maximum atomic E-state index is 10.7. The third-order valence-corrected chi connectivity index (χ3v) is 1.84. The Morgan fingerprint density at radius 2 is 2.08 bits per heavy atom. The molecule has 4 nitrogen and oxygen atoms in total. The Balaban J connectivity index is 2.48. The summed E-state index contributed by atoms with van der Waals surface area (Å²) in [6.07, 6.45) is 6.37. The molecule has 1 aliphatic carbocycles. The molecule has 0 fully saturated rings. The number of carbonyl (C=O) groups is 2. The van der Waals surface area contributed by atoms with Crippen molar-refractivity contribution in [1.29, 1.82) is 0 Å². The molecule has 0 spiro atoms. The highest BCUT2D eigenvalue weighted by Gasteiger charge is 2.11. The molecule has 4 heteroatoms. The zero-order valence-electron chi connectivity index (χ0n) is 6.97. The lowest BCUT2D eigenvalue weighted by Crippen LogP contribution is -2.42. The van der Waals surface area contributed by atoms with Gasteiger partial charge in [0.05, 0.1) is 5.97 Å². The van der Waals surface area contributed by atoms with Crippen LogP contribution in [0.3, 0.4) is 0 Å². The summed E-state index contributed by atoms with van der Waals surface area (Å²) in [6, 6.07) is -0.979. The van der Waals surface area contributed by atoms with Gasteiger partial charge in [0, 0.05) is 6.04 Å². The van der Waals surface area contributed by atoms with Crippen LogP contribution < -0.4 is 10.8 Å². The molecular formula is C9H10NO3-. The lowest BCUT2D eigenvalue weighted by atomic mass is 9.95. The molecule has 0 radical (unpaired) electrons. The minimum atomic E-state index is -1.27. The third kappa shape index (κ3) is 2.83. The van der Waals surface area contributed by atoms with E-state index in [4.69, 9.17) is 5.73 Å². The number of allylic oxidation sites excluding steroid dienone is 4. The Kier molecular flexibility index (Phi) is 2.97. The summed E-state index contributed by atoms with van der Waals surface area (Å²) >= 11 is 0. The van der Waals surface area contributed by atoms with Gasteiger partial charge < -0.3 is 15.6 Å². The molecule has 1 unspecified atom stereocenters. The molecule has 13 heavy (non-hydrogen) atoms. The first-order valence-corrected chi connectivity index (χ1v) is 3.96. The molecule has 1 aliphatic rings. The molecule has 70 valence electrons. The van der Waals surface area contributed by atoms with Crippen molar-refractivity contribution in [2.24, 2.45) is 11.7 Å². The van der Waals surface area contributed by atoms with Crippen molar-refractivity contribution in [3.63, 3.8) is 0 Å². The first kappa shape index (κ1) is 9.67. The summed E-state index contributed by atoms with van der Waals surface area (Å²) in [4.78, 5) is 21.0. The summed E-state index contributed by atoms with van der Waals surface area (Å²) in [5.74, 6) is -1.43. The second kappa shape index (κ2) is 4.00. The van der Waals surface area contributed by atoms with Crippen molar-refractivity contribution >= 4 is 11.8 Å². The van der Waals surface area contributed by atoms with Crippen LogP contribution in [0.2, 0.25) is 0 Å². The number of hydrogen-bond acceptors (Lipinski definition) is 4. The van der Waals surface area contributed by atoms with E-state index in [1.807, 2.05) is 0 Å². The Bertz CT molecular complexity index is 265. The molecule has 0 saturated heterocycles. The van der Waals surface area contributed by atoms with Crippen molar-refractivity contribution in [2.45, 2.75) is 12.5 Å². The second-order valence-corrected chi connectivity index (χ2v) is 2.95. The molecule has 1 rings (SSSR count). The topological polar surface area (TPSA) is 83.2 Å². The molecule has 0 bridgehead atoms. The lowest BCUT2D eigenvalue weighted by Gasteiger charge is -2.17. The highest BCUT2D eigenvalue weighted by atomic mass is 16.4. The average Bonchev–Trinajstić information content (AvgIpc) is 2.08. The molecule has 0 aromatic carbocycles. The molecule has 0 saturated carbocycles. The quantitative estimate of drug-likeness (QED) is 0.589. The van der Waals surface area contributed by atoms with Gasteiger partial charge >= 0.3 is 0 Å². The lowest BCUT2D eigenvalue weighted by molar-refractivity contribution is -0.307. The summed E-state index contributed by atoms with van der Waals surface area (Å²) < 4.78 is 0. The molecule has 0 heterocycles. The van der Waals surface area contributed by atoms with Crippen LogP contribution in [0.5, 0.6) is 0 Å². The standard InChI is InChI=1S/C9H11NO3/c10-8(9(12)13)5-6-1-3-7(11)4-2-6/h1-4,6,8H,5,10H2,(H,12,13)/p-1. The Hall–Kier alpha value is -1.42. The number of rotatable bonds is 3. The van der Waals surface area contributed by atoms with E-state index in [9.17, 15) is 14.7 Å². The van der Waals surface area contributed by atoms with E-state index < -0.39 is 12.0 Å². The van der Waals surface area contributed by atoms with Crippen molar-refractivity contribution in [3.8, 4) is 0 Å². The van der Waals surface area contributed by atoms with E-state index in [1.165, 1.54) is 12.2 Å². The fourth-order valence-electron chi connectivity index (χ4n) is 1.10. The van der Waals surface area contributed by atoms with Crippen LogP contribution in [-0.4, -0.2) is 17.8 Å². The van der Waals surface area contributed by atoms with Gasteiger partial charge in [-0.1, -0.05) is 12.2 Å². The van der Waals surface area contributed by atoms with Gasteiger partial charge in [-0.25, -0.2) is 0 Å². The average molecular weight is 180 g/mol. The summed E-state index contributed by atoms with van der Waals surface area (Å²) in [5, 5.41) is 10.3. The number of carboxylic acids is 1. The molecule has 1 atom stereocenters. The number of aliphatic carboxylic acids is 1. The van der Waals surface area contributed by atoms with Gasteiger partial charge in [0.25, 0.3) is 0 Å². The van der Waals surface area contributed by atoms with Crippen LogP contribution in [-0.2, 0) is 9.59 Å². The van der Waals surface area contributed by atoms with Crippen LogP contribution in [0.4, 0.5) is 0 Å². The van der Waals surface area contributed by atoms with Gasteiger partial charge in [-0.3, -0.25) is 4.79 Å². The van der Waals surface area contributed by atoms with Crippen LogP contribution in [0, 0.1) is 5.92 Å². The smallest absolute Gasteiger partial charge is 0.178 e. The van der Waals surface area contributed by atoms with Crippen molar-refractivity contribution in [2.75, 3.05) is 0 Å². The number of ketones is 1. The van der Waals surface area contributed by atoms with Crippen LogP contribution in [0.1, 0.15) is 6.42 Å². The van der Waals surface area contributed by atoms with Gasteiger partial charge in [0.15, 0.2) is 5.78 Å². The largest absolute Gasteiger partial charge is 0.548 e. The Labute approximate surface area is 75.7 Å². The zero-order chi connectivity index (χ0) is 9.84. The van der Waals surface area contributed by atoms with E-state index >= 15 is 0 Å². The van der Waals surface area contributed by atoms with Crippen LogP contribution in [0.15, 0.2) is 24.3 Å². The predicted molar refractivity (Wildman–Crippen MR) is 44.4 cm³/mol. The van der Waals surface area contributed by atoms with Crippen molar-refractivity contribution in [1.82, 2.24) is 0 Å². The molecule has 2 N–H and O–H groups in total. The highest BCUT2D eigenvalue weighted by Crippen LogP contribution is 2.12. The number of nitrogens with two attached hydrogens (primary N) is 1.